The number of benzene rings is 1. The summed E-state index contributed by atoms with van der Waals surface area (Å²) in [6, 6.07) is 7.58. The molecule has 1 aromatic rings. The van der Waals surface area contributed by atoms with E-state index in [1.165, 1.54) is 25.9 Å². The molecule has 2 unspecified atom stereocenters. The molecule has 0 radical (unpaired) electrons. The van der Waals surface area contributed by atoms with Crippen molar-refractivity contribution in [2.45, 2.75) is 59.0 Å². The Bertz CT molecular complexity index is 602. The number of ether oxygens (including phenoxy) is 2. The van der Waals surface area contributed by atoms with E-state index in [4.69, 9.17) is 9.47 Å². The number of carbonyl (C=O) groups is 1. The number of likely N-dealkylation sites (tertiary alicyclic amines) is 1. The van der Waals surface area contributed by atoms with Gasteiger partial charge in [-0.25, -0.2) is 0 Å². The number of methoxy groups -OCH3 is 1. The van der Waals surface area contributed by atoms with Crippen molar-refractivity contribution in [2.24, 2.45) is 11.8 Å². The van der Waals surface area contributed by atoms with Gasteiger partial charge in [-0.15, -0.1) is 0 Å². The normalized spacial score (nSPS) is 20.0. The molecule has 0 spiro atoms. The number of rotatable bonds is 10. The van der Waals surface area contributed by atoms with Crippen LogP contribution in [0.1, 0.15) is 53.4 Å². The van der Waals surface area contributed by atoms with E-state index in [1.54, 1.807) is 7.11 Å². The van der Waals surface area contributed by atoms with Crippen LogP contribution in [-0.4, -0.2) is 49.8 Å². The number of hydrogen-bond donors (Lipinski definition) is 1. The van der Waals surface area contributed by atoms with Crippen molar-refractivity contribution in [3.8, 4) is 5.75 Å². The fourth-order valence-electron chi connectivity index (χ4n) is 3.91. The van der Waals surface area contributed by atoms with Crippen molar-refractivity contribution in [1.82, 2.24) is 4.90 Å². The van der Waals surface area contributed by atoms with Crippen LogP contribution < -0.4 is 10.1 Å². The van der Waals surface area contributed by atoms with Crippen molar-refractivity contribution in [3.05, 3.63) is 24.3 Å². The Balaban J connectivity index is 1.75. The second kappa shape index (κ2) is 10.8. The molecule has 0 saturated carbocycles. The van der Waals surface area contributed by atoms with Crippen LogP contribution in [0, 0.1) is 11.8 Å². The zero-order valence-corrected chi connectivity index (χ0v) is 18.3. The maximum Gasteiger partial charge on any atom is 0.256 e. The third-order valence-corrected chi connectivity index (χ3v) is 5.47. The van der Waals surface area contributed by atoms with Gasteiger partial charge in [-0.3, -0.25) is 4.79 Å². The van der Waals surface area contributed by atoms with E-state index in [2.05, 4.69) is 31.0 Å². The zero-order chi connectivity index (χ0) is 20.6. The molecule has 1 N–H and O–H groups in total. The minimum atomic E-state index is -0.824. The molecule has 158 valence electrons. The summed E-state index contributed by atoms with van der Waals surface area (Å²) in [6.45, 7) is 12.6. The minimum Gasteiger partial charge on any atom is -0.494 e. The lowest BCUT2D eigenvalue weighted by molar-refractivity contribution is -0.137. The first-order valence-electron chi connectivity index (χ1n) is 10.6. The van der Waals surface area contributed by atoms with Crippen molar-refractivity contribution in [2.75, 3.05) is 38.7 Å². The summed E-state index contributed by atoms with van der Waals surface area (Å²) in [5.74, 6) is 1.91. The molecule has 2 atom stereocenters. The predicted molar refractivity (Wildman–Crippen MR) is 115 cm³/mol. The van der Waals surface area contributed by atoms with Gasteiger partial charge in [0, 0.05) is 25.9 Å². The number of anilines is 1. The first-order valence-corrected chi connectivity index (χ1v) is 10.6. The third kappa shape index (κ3) is 7.10. The van der Waals surface area contributed by atoms with Crippen molar-refractivity contribution in [3.63, 3.8) is 0 Å². The van der Waals surface area contributed by atoms with Crippen LogP contribution in [0.2, 0.25) is 0 Å². The first kappa shape index (κ1) is 22.7. The van der Waals surface area contributed by atoms with Gasteiger partial charge in [-0.05, 0) is 75.3 Å². The molecule has 1 saturated heterocycles. The van der Waals surface area contributed by atoms with E-state index < -0.39 is 5.60 Å². The number of piperidine rings is 1. The highest BCUT2D eigenvalue weighted by molar-refractivity contribution is 5.97. The van der Waals surface area contributed by atoms with Gasteiger partial charge >= 0.3 is 0 Å². The standard InChI is InChI=1S/C23H38N2O3/c1-18(2)16-23(4,27-5)22(26)24-20-9-11-21(12-10-20)28-15-7-14-25-13-6-8-19(3)17-25/h9-12,18-19H,6-8,13-17H2,1-5H3,(H,24,26). The molecular weight excluding hydrogens is 352 g/mol. The van der Waals surface area contributed by atoms with Gasteiger partial charge < -0.3 is 19.7 Å². The highest BCUT2D eigenvalue weighted by atomic mass is 16.5. The summed E-state index contributed by atoms with van der Waals surface area (Å²) >= 11 is 0. The number of nitrogens with one attached hydrogen (secondary N) is 1. The van der Waals surface area contributed by atoms with Gasteiger partial charge in [-0.1, -0.05) is 20.8 Å². The number of hydrogen-bond acceptors (Lipinski definition) is 4. The van der Waals surface area contributed by atoms with Crippen LogP contribution in [0.5, 0.6) is 5.75 Å². The molecule has 28 heavy (non-hydrogen) atoms. The third-order valence-electron chi connectivity index (χ3n) is 5.47. The summed E-state index contributed by atoms with van der Waals surface area (Å²) < 4.78 is 11.3. The van der Waals surface area contributed by atoms with E-state index in [1.807, 2.05) is 31.2 Å². The van der Waals surface area contributed by atoms with Crippen LogP contribution in [0.4, 0.5) is 5.69 Å². The second-order valence-electron chi connectivity index (χ2n) is 8.76. The summed E-state index contributed by atoms with van der Waals surface area (Å²) in [5.41, 5.74) is -0.0679. The van der Waals surface area contributed by atoms with E-state index >= 15 is 0 Å². The largest absolute Gasteiger partial charge is 0.494 e. The average molecular weight is 391 g/mol. The van der Waals surface area contributed by atoms with Gasteiger partial charge in [-0.2, -0.15) is 0 Å². The van der Waals surface area contributed by atoms with Crippen LogP contribution in [-0.2, 0) is 9.53 Å². The summed E-state index contributed by atoms with van der Waals surface area (Å²) in [7, 11) is 1.59. The molecule has 5 heteroatoms. The molecule has 1 fully saturated rings. The predicted octanol–water partition coefficient (Wildman–Crippen LogP) is 4.58. The number of amides is 1. The maximum atomic E-state index is 12.6. The fraction of sp³-hybridized carbons (Fsp3) is 0.696. The monoisotopic (exact) mass is 390 g/mol. The lowest BCUT2D eigenvalue weighted by atomic mass is 9.93. The van der Waals surface area contributed by atoms with E-state index in [-0.39, 0.29) is 5.91 Å². The fourth-order valence-corrected chi connectivity index (χ4v) is 3.91. The Labute approximate surface area is 170 Å². The summed E-state index contributed by atoms with van der Waals surface area (Å²) in [4.78, 5) is 15.1. The van der Waals surface area contributed by atoms with Gasteiger partial charge in [0.15, 0.2) is 0 Å². The number of carbonyl (C=O) groups excluding carboxylic acids is 1. The summed E-state index contributed by atoms with van der Waals surface area (Å²) in [6.07, 6.45) is 4.38. The lowest BCUT2D eigenvalue weighted by Crippen LogP contribution is -2.43. The highest BCUT2D eigenvalue weighted by Gasteiger charge is 2.33. The lowest BCUT2D eigenvalue weighted by Gasteiger charge is -2.30. The molecule has 5 nitrogen and oxygen atoms in total. The smallest absolute Gasteiger partial charge is 0.256 e. The average Bonchev–Trinajstić information content (AvgIpc) is 2.66. The Morgan fingerprint density at radius 2 is 2.04 bits per heavy atom. The molecule has 0 bridgehead atoms. The molecule has 1 amide bonds. The zero-order valence-electron chi connectivity index (χ0n) is 18.3. The maximum absolute atomic E-state index is 12.6. The highest BCUT2D eigenvalue weighted by Crippen LogP contribution is 2.23. The molecule has 1 aromatic carbocycles. The van der Waals surface area contributed by atoms with Gasteiger partial charge in [0.1, 0.15) is 11.4 Å². The Morgan fingerprint density at radius 3 is 2.64 bits per heavy atom. The van der Waals surface area contributed by atoms with Crippen LogP contribution in [0.15, 0.2) is 24.3 Å². The SMILES string of the molecule is COC(C)(CC(C)C)C(=O)Nc1ccc(OCCCN2CCCC(C)C2)cc1. The van der Waals surface area contributed by atoms with Crippen molar-refractivity contribution >= 4 is 11.6 Å². The Hall–Kier alpha value is -1.59. The van der Waals surface area contributed by atoms with Crippen molar-refractivity contribution < 1.29 is 14.3 Å². The van der Waals surface area contributed by atoms with E-state index in [0.717, 1.165) is 30.3 Å². The molecule has 0 aliphatic carbocycles. The van der Waals surface area contributed by atoms with Crippen LogP contribution >= 0.6 is 0 Å². The van der Waals surface area contributed by atoms with Gasteiger partial charge in [0.05, 0.1) is 6.61 Å². The number of nitrogens with zero attached hydrogens (tertiary/aromatic N) is 1. The van der Waals surface area contributed by atoms with E-state index in [0.29, 0.717) is 18.9 Å². The second-order valence-corrected chi connectivity index (χ2v) is 8.76. The molecule has 1 aliphatic heterocycles. The first-order chi connectivity index (χ1) is 13.3. The van der Waals surface area contributed by atoms with Crippen LogP contribution in [0.3, 0.4) is 0 Å². The minimum absolute atomic E-state index is 0.117. The molecular formula is C23H38N2O3. The molecule has 0 aromatic heterocycles. The molecule has 1 heterocycles. The Kier molecular flexibility index (Phi) is 8.77. The summed E-state index contributed by atoms with van der Waals surface area (Å²) in [5, 5.41) is 2.95. The van der Waals surface area contributed by atoms with Crippen molar-refractivity contribution in [1.29, 1.82) is 0 Å². The van der Waals surface area contributed by atoms with Crippen LogP contribution in [0.25, 0.3) is 0 Å². The van der Waals surface area contributed by atoms with E-state index in [9.17, 15) is 4.79 Å². The van der Waals surface area contributed by atoms with Gasteiger partial charge in [0.25, 0.3) is 5.91 Å². The Morgan fingerprint density at radius 1 is 1.32 bits per heavy atom. The quantitative estimate of drug-likeness (QED) is 0.594. The molecule has 2 rings (SSSR count). The van der Waals surface area contributed by atoms with Gasteiger partial charge in [0.2, 0.25) is 0 Å². The topological polar surface area (TPSA) is 50.8 Å². The molecule has 1 aliphatic rings.